The van der Waals surface area contributed by atoms with Gasteiger partial charge in [-0.1, -0.05) is 0 Å². The summed E-state index contributed by atoms with van der Waals surface area (Å²) in [5.41, 5.74) is 0.155. The number of nitrogens with one attached hydrogen (secondary N) is 1. The molecule has 7 heteroatoms. The molecule has 1 aliphatic carbocycles. The maximum atomic E-state index is 12.0. The fourth-order valence-corrected chi connectivity index (χ4v) is 3.30. The molecule has 1 saturated carbocycles. The number of hydrogen-bond donors (Lipinski definition) is 1. The van der Waals surface area contributed by atoms with Crippen LogP contribution in [0.3, 0.4) is 0 Å². The Morgan fingerprint density at radius 3 is 3.00 bits per heavy atom. The van der Waals surface area contributed by atoms with Gasteiger partial charge in [0.15, 0.2) is 4.96 Å². The number of aromatic nitrogens is 2. The molecular formula is C11H11Cl2N3OS. The maximum absolute atomic E-state index is 12.0. The topological polar surface area (TPSA) is 46.4 Å². The van der Waals surface area contributed by atoms with Gasteiger partial charge in [0.25, 0.3) is 0 Å². The molecule has 1 atom stereocenters. The van der Waals surface area contributed by atoms with Crippen LogP contribution in [0.15, 0.2) is 17.8 Å². The first-order valence-corrected chi connectivity index (χ1v) is 7.13. The van der Waals surface area contributed by atoms with Crippen LogP contribution in [-0.4, -0.2) is 19.6 Å². The van der Waals surface area contributed by atoms with Crippen LogP contribution in [0.5, 0.6) is 0 Å². The molecule has 0 radical (unpaired) electrons. The molecule has 0 spiro atoms. The Hall–Kier alpha value is -0.780. The second-order valence-electron chi connectivity index (χ2n) is 4.72. The number of imidazole rings is 1. The third-order valence-electron chi connectivity index (χ3n) is 3.33. The lowest BCUT2D eigenvalue weighted by Gasteiger charge is -2.11. The van der Waals surface area contributed by atoms with Crippen LogP contribution in [0.2, 0.25) is 0 Å². The average molecular weight is 304 g/mol. The van der Waals surface area contributed by atoms with Gasteiger partial charge in [-0.05, 0) is 13.3 Å². The highest BCUT2D eigenvalue weighted by molar-refractivity contribution is 7.15. The van der Waals surface area contributed by atoms with Crippen molar-refractivity contribution in [2.45, 2.75) is 24.2 Å². The van der Waals surface area contributed by atoms with E-state index in [0.29, 0.717) is 13.0 Å². The SMILES string of the molecule is CC1(C(=O)NCc2cn3ccsc3n2)CC1(Cl)Cl. The smallest absolute Gasteiger partial charge is 0.229 e. The summed E-state index contributed by atoms with van der Waals surface area (Å²) in [5.74, 6) is -0.121. The standard InChI is InChI=1S/C11H11Cl2N3OS/c1-10(6-11(10,12)13)8(17)14-4-7-5-16-2-3-18-9(16)15-7/h2-3,5H,4,6H2,1H3,(H,14,17). The Balaban J connectivity index is 1.65. The number of nitrogens with zero attached hydrogens (tertiary/aromatic N) is 2. The first-order chi connectivity index (χ1) is 8.42. The van der Waals surface area contributed by atoms with E-state index in [2.05, 4.69) is 10.3 Å². The molecular weight excluding hydrogens is 293 g/mol. The number of fused-ring (bicyclic) bond motifs is 1. The largest absolute Gasteiger partial charge is 0.350 e. The van der Waals surface area contributed by atoms with Crippen molar-refractivity contribution >= 4 is 45.4 Å². The molecule has 0 saturated heterocycles. The van der Waals surface area contributed by atoms with Crippen LogP contribution in [0.25, 0.3) is 4.96 Å². The predicted molar refractivity (Wildman–Crippen MR) is 72.1 cm³/mol. The van der Waals surface area contributed by atoms with Crippen molar-refractivity contribution in [2.24, 2.45) is 5.41 Å². The number of amides is 1. The zero-order valence-electron chi connectivity index (χ0n) is 9.61. The van der Waals surface area contributed by atoms with Gasteiger partial charge in [-0.15, -0.1) is 34.5 Å². The molecule has 1 unspecified atom stereocenters. The summed E-state index contributed by atoms with van der Waals surface area (Å²) in [6.45, 7) is 2.17. The molecule has 18 heavy (non-hydrogen) atoms. The van der Waals surface area contributed by atoms with Crippen molar-refractivity contribution in [1.29, 1.82) is 0 Å². The molecule has 4 nitrogen and oxygen atoms in total. The van der Waals surface area contributed by atoms with E-state index < -0.39 is 9.75 Å². The van der Waals surface area contributed by atoms with Gasteiger partial charge in [0.2, 0.25) is 5.91 Å². The quantitative estimate of drug-likeness (QED) is 0.886. The van der Waals surface area contributed by atoms with Crippen LogP contribution in [0.4, 0.5) is 0 Å². The van der Waals surface area contributed by atoms with Gasteiger partial charge < -0.3 is 5.32 Å². The first kappa shape index (κ1) is 12.3. The highest BCUT2D eigenvalue weighted by Crippen LogP contribution is 2.63. The fraction of sp³-hybridized carbons (Fsp3) is 0.455. The monoisotopic (exact) mass is 303 g/mol. The number of halogens is 2. The Morgan fingerprint density at radius 1 is 1.67 bits per heavy atom. The average Bonchev–Trinajstić information content (AvgIpc) is 2.69. The van der Waals surface area contributed by atoms with Crippen molar-refractivity contribution in [3.05, 3.63) is 23.5 Å². The molecule has 2 aromatic heterocycles. The number of carbonyl (C=O) groups is 1. The predicted octanol–water partition coefficient (Wildman–Crippen LogP) is 2.60. The van der Waals surface area contributed by atoms with Gasteiger partial charge in [0.05, 0.1) is 17.7 Å². The van der Waals surface area contributed by atoms with Crippen LogP contribution in [0.1, 0.15) is 19.0 Å². The van der Waals surface area contributed by atoms with Crippen LogP contribution >= 0.6 is 34.5 Å². The van der Waals surface area contributed by atoms with Gasteiger partial charge in [-0.2, -0.15) is 0 Å². The van der Waals surface area contributed by atoms with Gasteiger partial charge in [-0.25, -0.2) is 4.98 Å². The Kier molecular flexibility index (Phi) is 2.63. The van der Waals surface area contributed by atoms with Gasteiger partial charge >= 0.3 is 0 Å². The number of alkyl halides is 2. The van der Waals surface area contributed by atoms with Crippen molar-refractivity contribution in [3.63, 3.8) is 0 Å². The lowest BCUT2D eigenvalue weighted by Crippen LogP contribution is -2.32. The maximum Gasteiger partial charge on any atom is 0.229 e. The lowest BCUT2D eigenvalue weighted by atomic mass is 10.1. The summed E-state index contributed by atoms with van der Waals surface area (Å²) in [6.07, 6.45) is 4.33. The number of carbonyl (C=O) groups excluding carboxylic acids is 1. The number of rotatable bonds is 3. The van der Waals surface area contributed by atoms with Crippen molar-refractivity contribution in [3.8, 4) is 0 Å². The van der Waals surface area contributed by atoms with Crippen molar-refractivity contribution < 1.29 is 4.79 Å². The zero-order chi connectivity index (χ0) is 13.0. The van der Waals surface area contributed by atoms with E-state index >= 15 is 0 Å². The normalized spacial score (nSPS) is 25.3. The summed E-state index contributed by atoms with van der Waals surface area (Å²) >= 11 is 13.5. The highest BCUT2D eigenvalue weighted by atomic mass is 35.5. The fourth-order valence-electron chi connectivity index (χ4n) is 1.87. The number of thiazole rings is 1. The van der Waals surface area contributed by atoms with E-state index in [-0.39, 0.29) is 5.91 Å². The van der Waals surface area contributed by atoms with Crippen LogP contribution in [-0.2, 0) is 11.3 Å². The summed E-state index contributed by atoms with van der Waals surface area (Å²) in [7, 11) is 0. The molecule has 1 N–H and O–H groups in total. The van der Waals surface area contributed by atoms with Crippen molar-refractivity contribution in [2.75, 3.05) is 0 Å². The third-order valence-corrected chi connectivity index (χ3v) is 5.20. The van der Waals surface area contributed by atoms with Gasteiger partial charge in [0.1, 0.15) is 4.33 Å². The van der Waals surface area contributed by atoms with Gasteiger partial charge in [0, 0.05) is 17.8 Å². The van der Waals surface area contributed by atoms with E-state index in [1.54, 1.807) is 18.3 Å². The minimum Gasteiger partial charge on any atom is -0.350 e. The van der Waals surface area contributed by atoms with Crippen LogP contribution in [0, 0.1) is 5.41 Å². The molecule has 0 aromatic carbocycles. The molecule has 1 aliphatic rings. The molecule has 1 amide bonds. The summed E-state index contributed by atoms with van der Waals surface area (Å²) in [6, 6.07) is 0. The number of hydrogen-bond acceptors (Lipinski definition) is 3. The minimum absolute atomic E-state index is 0.121. The summed E-state index contributed by atoms with van der Waals surface area (Å²) < 4.78 is 1.00. The Morgan fingerprint density at radius 2 is 2.39 bits per heavy atom. The molecule has 2 heterocycles. The zero-order valence-corrected chi connectivity index (χ0v) is 11.9. The molecule has 2 aromatic rings. The van der Waals surface area contributed by atoms with E-state index in [1.165, 1.54) is 0 Å². The van der Waals surface area contributed by atoms with E-state index in [1.807, 2.05) is 22.2 Å². The molecule has 0 aliphatic heterocycles. The van der Waals surface area contributed by atoms with E-state index in [4.69, 9.17) is 23.2 Å². The second-order valence-corrected chi connectivity index (χ2v) is 7.08. The Labute approximate surface area is 118 Å². The summed E-state index contributed by atoms with van der Waals surface area (Å²) in [5, 5.41) is 4.79. The van der Waals surface area contributed by atoms with E-state index in [9.17, 15) is 4.79 Å². The second kappa shape index (κ2) is 3.85. The van der Waals surface area contributed by atoms with Crippen LogP contribution < -0.4 is 5.32 Å². The first-order valence-electron chi connectivity index (χ1n) is 5.50. The minimum atomic E-state index is -0.925. The lowest BCUT2D eigenvalue weighted by molar-refractivity contribution is -0.125. The molecule has 3 rings (SSSR count). The Bertz CT molecular complexity index is 592. The van der Waals surface area contributed by atoms with E-state index in [0.717, 1.165) is 10.7 Å². The summed E-state index contributed by atoms with van der Waals surface area (Å²) in [4.78, 5) is 17.3. The van der Waals surface area contributed by atoms with Crippen molar-refractivity contribution in [1.82, 2.24) is 14.7 Å². The molecule has 0 bridgehead atoms. The molecule has 1 fully saturated rings. The van der Waals surface area contributed by atoms with Gasteiger partial charge in [-0.3, -0.25) is 9.20 Å². The molecule has 96 valence electrons. The highest BCUT2D eigenvalue weighted by Gasteiger charge is 2.67. The third kappa shape index (κ3) is 1.81.